The zero-order valence-electron chi connectivity index (χ0n) is 24.1. The van der Waals surface area contributed by atoms with Crippen molar-refractivity contribution in [1.29, 1.82) is 4.78 Å². The van der Waals surface area contributed by atoms with E-state index in [-0.39, 0.29) is 40.4 Å². The minimum Gasteiger partial charge on any atom is -0.458 e. The number of anilines is 1. The van der Waals surface area contributed by atoms with Crippen LogP contribution < -0.4 is 11.4 Å². The van der Waals surface area contributed by atoms with Crippen LogP contribution in [0.3, 0.4) is 0 Å². The minimum atomic E-state index is -3.39. The fourth-order valence-electron chi connectivity index (χ4n) is 4.28. The van der Waals surface area contributed by atoms with E-state index >= 15 is 0 Å². The van der Waals surface area contributed by atoms with Crippen LogP contribution in [0.2, 0.25) is 0 Å². The molecule has 2 heterocycles. The van der Waals surface area contributed by atoms with Crippen molar-refractivity contribution in [3.63, 3.8) is 0 Å². The molecule has 0 saturated heterocycles. The van der Waals surface area contributed by atoms with Crippen molar-refractivity contribution < 1.29 is 18.5 Å². The van der Waals surface area contributed by atoms with E-state index in [0.717, 1.165) is 10.1 Å². The molecular formula is C27H39N7O5S. The molecule has 0 radical (unpaired) electrons. The predicted octanol–water partition coefficient (Wildman–Crippen LogP) is 3.70. The van der Waals surface area contributed by atoms with Crippen LogP contribution >= 0.6 is 0 Å². The number of nitrogens with two attached hydrogens (primary N) is 1. The van der Waals surface area contributed by atoms with Crippen LogP contribution in [0.5, 0.6) is 0 Å². The van der Waals surface area contributed by atoms with Crippen LogP contribution in [-0.2, 0) is 25.8 Å². The molecule has 0 aliphatic carbocycles. The van der Waals surface area contributed by atoms with Crippen molar-refractivity contribution >= 4 is 38.7 Å². The number of hydrogen-bond donors (Lipinski definition) is 2. The molecular weight excluding hydrogens is 534 g/mol. The number of amides is 1. The Morgan fingerprint density at radius 1 is 1.18 bits per heavy atom. The summed E-state index contributed by atoms with van der Waals surface area (Å²) in [7, 11) is -1.97. The number of carbonyl (C=O) groups excluding carboxylic acids is 2. The molecule has 12 nitrogen and oxygen atoms in total. The van der Waals surface area contributed by atoms with Gasteiger partial charge in [-0.3, -0.25) is 4.57 Å². The van der Waals surface area contributed by atoms with E-state index in [1.54, 1.807) is 39.8 Å². The number of carbonyl (C=O) groups is 2. The van der Waals surface area contributed by atoms with Crippen LogP contribution in [0.4, 0.5) is 10.6 Å². The topological polar surface area (TPSA) is 166 Å². The number of nitrogens with one attached hydrogen (secondary N) is 1. The summed E-state index contributed by atoms with van der Waals surface area (Å²) in [6.07, 6.45) is 0.745. The normalized spacial score (nSPS) is 14.2. The first-order valence-corrected chi connectivity index (χ1v) is 14.9. The van der Waals surface area contributed by atoms with Crippen LogP contribution in [0.15, 0.2) is 40.3 Å². The van der Waals surface area contributed by atoms with Gasteiger partial charge in [-0.25, -0.2) is 32.9 Å². The molecule has 0 bridgehead atoms. The van der Waals surface area contributed by atoms with E-state index in [4.69, 9.17) is 15.3 Å². The average molecular weight is 574 g/mol. The Hall–Kier alpha value is -3.74. The summed E-state index contributed by atoms with van der Waals surface area (Å²) >= 11 is 0. The Labute approximate surface area is 234 Å². The molecule has 0 aliphatic heterocycles. The first kappa shape index (κ1) is 30.8. The van der Waals surface area contributed by atoms with Crippen LogP contribution in [-0.4, -0.2) is 64.7 Å². The summed E-state index contributed by atoms with van der Waals surface area (Å²) < 4.78 is 29.0. The first-order chi connectivity index (χ1) is 18.6. The van der Waals surface area contributed by atoms with Crippen LogP contribution in [0.1, 0.15) is 59.9 Å². The van der Waals surface area contributed by atoms with Gasteiger partial charge in [0.15, 0.2) is 11.5 Å². The number of likely N-dealkylation sites (N-methyl/N-ethyl adjacent to an activating group) is 1. The van der Waals surface area contributed by atoms with Gasteiger partial charge >= 0.3 is 17.7 Å². The van der Waals surface area contributed by atoms with Gasteiger partial charge in [-0.2, -0.15) is 4.98 Å². The lowest BCUT2D eigenvalue weighted by Gasteiger charge is -2.30. The largest absolute Gasteiger partial charge is 0.458 e. The van der Waals surface area contributed by atoms with E-state index in [9.17, 15) is 18.6 Å². The molecule has 3 rings (SSSR count). The molecule has 2 unspecified atom stereocenters. The third-order valence-electron chi connectivity index (χ3n) is 6.08. The monoisotopic (exact) mass is 573 g/mol. The maximum Gasteiger partial charge on any atom is 0.339 e. The van der Waals surface area contributed by atoms with Crippen LogP contribution in [0, 0.1) is 10.7 Å². The van der Waals surface area contributed by atoms with Crippen molar-refractivity contribution in [3.05, 3.63) is 46.4 Å². The molecule has 40 heavy (non-hydrogen) atoms. The van der Waals surface area contributed by atoms with Crippen molar-refractivity contribution in [3.8, 4) is 0 Å². The van der Waals surface area contributed by atoms with Crippen molar-refractivity contribution in [2.75, 3.05) is 18.5 Å². The number of benzene rings is 1. The molecule has 1 aromatic carbocycles. The molecule has 218 valence electrons. The van der Waals surface area contributed by atoms with Gasteiger partial charge in [-0.05, 0) is 45.1 Å². The standard InChI is InChI=1S/C27H39N7O5S/c1-8-14-40(29,38)24-30-21(28)20-22(31-24)33(16-18-12-10-9-11-13-18)26(37)34(20)25(36)32(7)19(15-17(2)3)23(35)39-27(4,5)6/h9-13,17,19,29H,8,14-16H2,1-7H3,(H2,28,30,31). The Morgan fingerprint density at radius 3 is 2.35 bits per heavy atom. The van der Waals surface area contributed by atoms with Gasteiger partial charge in [0, 0.05) is 12.8 Å². The molecule has 2 atom stereocenters. The smallest absolute Gasteiger partial charge is 0.339 e. The second-order valence-electron chi connectivity index (χ2n) is 11.2. The van der Waals surface area contributed by atoms with E-state index in [2.05, 4.69) is 9.97 Å². The van der Waals surface area contributed by atoms with Gasteiger partial charge in [0.25, 0.3) is 0 Å². The second-order valence-corrected chi connectivity index (χ2v) is 13.3. The fourth-order valence-corrected chi connectivity index (χ4v) is 5.52. The maximum atomic E-state index is 13.9. The number of aromatic nitrogens is 4. The third kappa shape index (κ3) is 6.69. The molecule has 2 aromatic heterocycles. The molecule has 1 amide bonds. The zero-order chi connectivity index (χ0) is 30.0. The first-order valence-electron chi connectivity index (χ1n) is 13.2. The summed E-state index contributed by atoms with van der Waals surface area (Å²) in [4.78, 5) is 50.5. The minimum absolute atomic E-state index is 0.00993. The SMILES string of the molecule is CCCS(=N)(=O)c1nc(N)c2c(n1)n(Cc1ccccc1)c(=O)n2C(=O)N(C)C(CC(C)C)C(=O)OC(C)(C)C. The Kier molecular flexibility index (Phi) is 9.07. The van der Waals surface area contributed by atoms with Gasteiger partial charge in [0.2, 0.25) is 5.16 Å². The Morgan fingerprint density at radius 2 is 1.80 bits per heavy atom. The lowest BCUT2D eigenvalue weighted by Crippen LogP contribution is -2.49. The number of fused-ring (bicyclic) bond motifs is 1. The lowest BCUT2D eigenvalue weighted by molar-refractivity contribution is -0.160. The van der Waals surface area contributed by atoms with Crippen molar-refractivity contribution in [2.45, 2.75) is 77.7 Å². The van der Waals surface area contributed by atoms with Gasteiger partial charge in [-0.15, -0.1) is 0 Å². The summed E-state index contributed by atoms with van der Waals surface area (Å²) in [5.74, 6) is -0.822. The third-order valence-corrected chi connectivity index (χ3v) is 7.83. The van der Waals surface area contributed by atoms with Gasteiger partial charge < -0.3 is 15.4 Å². The molecule has 0 saturated carbocycles. The van der Waals surface area contributed by atoms with E-state index in [1.165, 1.54) is 16.5 Å². The van der Waals surface area contributed by atoms with E-state index in [0.29, 0.717) is 12.8 Å². The number of nitrogen functional groups attached to an aromatic ring is 1. The van der Waals surface area contributed by atoms with E-state index < -0.39 is 39.1 Å². The Bertz CT molecular complexity index is 1550. The highest BCUT2D eigenvalue weighted by atomic mass is 32.2. The van der Waals surface area contributed by atoms with Gasteiger partial charge in [0.1, 0.15) is 26.9 Å². The Balaban J connectivity index is 2.24. The van der Waals surface area contributed by atoms with Crippen molar-refractivity contribution in [1.82, 2.24) is 24.0 Å². The number of esters is 1. The number of ether oxygens (including phenoxy) is 1. The predicted molar refractivity (Wildman–Crippen MR) is 154 cm³/mol. The maximum absolute atomic E-state index is 13.9. The highest BCUT2D eigenvalue weighted by molar-refractivity contribution is 7.92. The molecule has 3 aromatic rings. The van der Waals surface area contributed by atoms with Gasteiger partial charge in [-0.1, -0.05) is 51.1 Å². The molecule has 0 fully saturated rings. The number of imidazole rings is 1. The lowest BCUT2D eigenvalue weighted by atomic mass is 10.0. The second kappa shape index (κ2) is 11.8. The zero-order valence-corrected chi connectivity index (χ0v) is 24.9. The molecule has 0 spiro atoms. The highest BCUT2D eigenvalue weighted by Crippen LogP contribution is 2.23. The number of rotatable bonds is 9. The van der Waals surface area contributed by atoms with E-state index in [1.807, 2.05) is 32.0 Å². The summed E-state index contributed by atoms with van der Waals surface area (Å²) in [5, 5.41) is -0.300. The fraction of sp³-hybridized carbons (Fsp3) is 0.519. The number of hydrogen-bond acceptors (Lipinski definition) is 9. The molecule has 3 N–H and O–H groups in total. The van der Waals surface area contributed by atoms with Crippen LogP contribution in [0.25, 0.3) is 11.2 Å². The summed E-state index contributed by atoms with van der Waals surface area (Å²) in [6, 6.07) is 7.26. The highest BCUT2D eigenvalue weighted by Gasteiger charge is 2.35. The quantitative estimate of drug-likeness (QED) is 0.289. The van der Waals surface area contributed by atoms with Crippen molar-refractivity contribution in [2.24, 2.45) is 5.92 Å². The molecule has 0 aliphatic rings. The number of nitrogens with zero attached hydrogens (tertiary/aromatic N) is 5. The molecule has 13 heteroatoms. The summed E-state index contributed by atoms with van der Waals surface area (Å²) in [5.41, 5.74) is 5.37. The average Bonchev–Trinajstić information content (AvgIpc) is 3.12. The summed E-state index contributed by atoms with van der Waals surface area (Å²) in [6.45, 7) is 10.8. The van der Waals surface area contributed by atoms with Gasteiger partial charge in [0.05, 0.1) is 6.54 Å².